The second-order valence-corrected chi connectivity index (χ2v) is 17.7. The molecule has 2 heteroatoms. The smallest absolute Gasteiger partial charge is 0.160 e. The number of fused-ring (bicyclic) bond motifs is 10. The van der Waals surface area contributed by atoms with Crippen LogP contribution in [0.25, 0.3) is 101 Å². The van der Waals surface area contributed by atoms with Gasteiger partial charge in [-0.1, -0.05) is 224 Å². The van der Waals surface area contributed by atoms with Crippen LogP contribution in [0.3, 0.4) is 0 Å². The van der Waals surface area contributed by atoms with Gasteiger partial charge in [-0.15, -0.1) is 0 Å². The van der Waals surface area contributed by atoms with E-state index in [9.17, 15) is 0 Å². The molecule has 0 atom stereocenters. The van der Waals surface area contributed by atoms with Crippen LogP contribution in [0.1, 0.15) is 22.3 Å². The molecule has 1 heterocycles. The molecule has 11 aromatic rings. The van der Waals surface area contributed by atoms with Crippen molar-refractivity contribution in [3.05, 3.63) is 277 Å². The minimum Gasteiger partial charge on any atom is -0.228 e. The van der Waals surface area contributed by atoms with Crippen LogP contribution < -0.4 is 0 Å². The number of benzene rings is 10. The lowest BCUT2D eigenvalue weighted by atomic mass is 9.70. The zero-order valence-corrected chi connectivity index (χ0v) is 36.6. The number of rotatable bonds is 7. The summed E-state index contributed by atoms with van der Waals surface area (Å²) in [5.41, 5.74) is 24.4. The second-order valence-electron chi connectivity index (χ2n) is 17.7. The minimum absolute atomic E-state index is 0.371. The van der Waals surface area contributed by atoms with Gasteiger partial charge in [0, 0.05) is 16.7 Å². The Labute approximate surface area is 391 Å². The predicted octanol–water partition coefficient (Wildman–Crippen LogP) is 16.5. The Morgan fingerprint density at radius 1 is 0.209 bits per heavy atom. The highest BCUT2D eigenvalue weighted by atomic mass is 14.9. The van der Waals surface area contributed by atoms with Crippen LogP contribution >= 0.6 is 0 Å². The van der Waals surface area contributed by atoms with Gasteiger partial charge in [0.1, 0.15) is 0 Å². The first-order valence-corrected chi connectivity index (χ1v) is 23.0. The fourth-order valence-corrected chi connectivity index (χ4v) is 10.8. The van der Waals surface area contributed by atoms with E-state index >= 15 is 0 Å². The molecule has 0 unspecified atom stereocenters. The predicted molar refractivity (Wildman–Crippen MR) is 276 cm³/mol. The molecule has 0 radical (unpaired) electrons. The summed E-state index contributed by atoms with van der Waals surface area (Å²) in [6, 6.07) is 92.3. The Morgan fingerprint density at radius 2 is 0.537 bits per heavy atom. The van der Waals surface area contributed by atoms with E-state index in [1.807, 2.05) is 0 Å². The van der Waals surface area contributed by atoms with Gasteiger partial charge >= 0.3 is 0 Å². The van der Waals surface area contributed by atoms with E-state index < -0.39 is 0 Å². The summed E-state index contributed by atoms with van der Waals surface area (Å²) >= 11 is 0. The van der Waals surface area contributed by atoms with Crippen LogP contribution in [-0.2, 0) is 5.41 Å². The third-order valence-corrected chi connectivity index (χ3v) is 13.9. The Kier molecular flexibility index (Phi) is 9.11. The van der Waals surface area contributed by atoms with Crippen molar-refractivity contribution in [3.63, 3.8) is 0 Å². The average molecular weight is 851 g/mol. The van der Waals surface area contributed by atoms with Crippen molar-refractivity contribution >= 4 is 0 Å². The van der Waals surface area contributed by atoms with Crippen LogP contribution in [0.4, 0.5) is 0 Å². The van der Waals surface area contributed by atoms with E-state index in [4.69, 9.17) is 9.97 Å². The molecule has 0 bridgehead atoms. The fourth-order valence-electron chi connectivity index (χ4n) is 10.8. The van der Waals surface area contributed by atoms with Crippen LogP contribution in [0, 0.1) is 0 Å². The molecule has 2 aliphatic carbocycles. The molecule has 2 aliphatic rings. The molecule has 0 saturated carbocycles. The van der Waals surface area contributed by atoms with Crippen molar-refractivity contribution in [2.45, 2.75) is 5.41 Å². The van der Waals surface area contributed by atoms with Gasteiger partial charge in [-0.2, -0.15) is 0 Å². The molecule has 0 fully saturated rings. The average Bonchev–Trinajstić information content (AvgIpc) is 3.88. The summed E-state index contributed by atoms with van der Waals surface area (Å²) < 4.78 is 0. The lowest BCUT2D eigenvalue weighted by Crippen LogP contribution is -2.25. The molecule has 13 rings (SSSR count). The quantitative estimate of drug-likeness (QED) is 0.160. The zero-order valence-electron chi connectivity index (χ0n) is 36.6. The molecule has 67 heavy (non-hydrogen) atoms. The Hall–Kier alpha value is -8.72. The summed E-state index contributed by atoms with van der Waals surface area (Å²) in [5, 5.41) is 0. The van der Waals surface area contributed by atoms with Gasteiger partial charge in [0.05, 0.1) is 16.8 Å². The minimum atomic E-state index is -0.371. The van der Waals surface area contributed by atoms with Crippen LogP contribution in [-0.4, -0.2) is 9.97 Å². The van der Waals surface area contributed by atoms with Crippen molar-refractivity contribution in [1.29, 1.82) is 0 Å². The van der Waals surface area contributed by atoms with E-state index in [0.29, 0.717) is 5.82 Å². The summed E-state index contributed by atoms with van der Waals surface area (Å²) in [5.74, 6) is 0.685. The molecular weight excluding hydrogens is 809 g/mol. The Morgan fingerprint density at radius 3 is 1.01 bits per heavy atom. The van der Waals surface area contributed by atoms with Crippen molar-refractivity contribution in [2.75, 3.05) is 0 Å². The topological polar surface area (TPSA) is 25.8 Å². The molecule has 1 aromatic heterocycles. The molecule has 10 aromatic carbocycles. The van der Waals surface area contributed by atoms with E-state index in [1.165, 1.54) is 66.8 Å². The molecule has 0 amide bonds. The van der Waals surface area contributed by atoms with Gasteiger partial charge in [-0.05, 0) is 119 Å². The fraction of sp³-hybridized carbons (Fsp3) is 0.0154. The lowest BCUT2D eigenvalue weighted by molar-refractivity contribution is 0.794. The summed E-state index contributed by atoms with van der Waals surface area (Å²) in [6.07, 6.45) is 0. The van der Waals surface area contributed by atoms with Crippen molar-refractivity contribution < 1.29 is 0 Å². The standard InChI is InChI=1S/C65H42N2/c1-3-16-43(17-4-1)47-20-13-23-51(38-47)62-42-63(52-24-14-21-48(39-52)44-18-5-2-6-19-44)67-64(66-62)53-25-15-22-49(40-53)45-32-34-46(35-33-45)50-36-37-57-56-28-9-12-31-60(56)65(61(57)41-50)58-29-10-7-26-54(58)55-27-8-11-30-59(55)65/h1-42H. The van der Waals surface area contributed by atoms with Gasteiger partial charge in [0.25, 0.3) is 0 Å². The first-order valence-electron chi connectivity index (χ1n) is 23.0. The first kappa shape index (κ1) is 38.7. The highest BCUT2D eigenvalue weighted by Crippen LogP contribution is 2.63. The highest BCUT2D eigenvalue weighted by molar-refractivity contribution is 5.96. The third kappa shape index (κ3) is 6.41. The molecule has 0 aliphatic heterocycles. The maximum Gasteiger partial charge on any atom is 0.160 e. The van der Waals surface area contributed by atoms with Crippen LogP contribution in [0.2, 0.25) is 0 Å². The van der Waals surface area contributed by atoms with Crippen molar-refractivity contribution in [2.24, 2.45) is 0 Å². The molecular formula is C65H42N2. The number of hydrogen-bond donors (Lipinski definition) is 0. The highest BCUT2D eigenvalue weighted by Gasteiger charge is 2.51. The number of hydrogen-bond acceptors (Lipinski definition) is 2. The molecule has 2 nitrogen and oxygen atoms in total. The van der Waals surface area contributed by atoms with E-state index in [1.54, 1.807) is 0 Å². The van der Waals surface area contributed by atoms with Gasteiger partial charge in [0.15, 0.2) is 5.82 Å². The number of aromatic nitrogens is 2. The van der Waals surface area contributed by atoms with Crippen molar-refractivity contribution in [1.82, 2.24) is 9.97 Å². The van der Waals surface area contributed by atoms with E-state index in [2.05, 4.69) is 255 Å². The zero-order chi connectivity index (χ0) is 44.3. The van der Waals surface area contributed by atoms with Gasteiger partial charge in [-0.3, -0.25) is 0 Å². The summed E-state index contributed by atoms with van der Waals surface area (Å²) in [4.78, 5) is 10.6. The maximum atomic E-state index is 5.29. The first-order chi connectivity index (χ1) is 33.2. The SMILES string of the molecule is c1ccc(-c2cccc(-c3cc(-c4cccc(-c5ccccc5)c4)nc(-c4cccc(-c5ccc(-c6ccc7c(c6)C6(c8ccccc8-c8ccccc86)c6ccccc6-7)cc5)c4)n3)c2)cc1. The number of nitrogens with zero attached hydrogens (tertiary/aromatic N) is 2. The third-order valence-electron chi connectivity index (χ3n) is 13.9. The van der Waals surface area contributed by atoms with Gasteiger partial charge < -0.3 is 0 Å². The Balaban J connectivity index is 0.880. The van der Waals surface area contributed by atoms with Crippen molar-refractivity contribution in [3.8, 4) is 101 Å². The van der Waals surface area contributed by atoms with Gasteiger partial charge in [-0.25, -0.2) is 9.97 Å². The lowest BCUT2D eigenvalue weighted by Gasteiger charge is -2.30. The largest absolute Gasteiger partial charge is 0.228 e. The van der Waals surface area contributed by atoms with E-state index in [-0.39, 0.29) is 5.41 Å². The van der Waals surface area contributed by atoms with E-state index in [0.717, 1.165) is 50.3 Å². The molecule has 0 saturated heterocycles. The molecule has 312 valence electrons. The monoisotopic (exact) mass is 850 g/mol. The van der Waals surface area contributed by atoms with Gasteiger partial charge in [0.2, 0.25) is 0 Å². The molecule has 1 spiro atoms. The maximum absolute atomic E-state index is 5.29. The van der Waals surface area contributed by atoms with Crippen LogP contribution in [0.15, 0.2) is 255 Å². The normalized spacial score (nSPS) is 12.6. The Bertz CT molecular complexity index is 3520. The summed E-state index contributed by atoms with van der Waals surface area (Å²) in [6.45, 7) is 0. The molecule has 0 N–H and O–H groups in total. The second kappa shape index (κ2) is 15.8. The van der Waals surface area contributed by atoms with Crippen LogP contribution in [0.5, 0.6) is 0 Å². The summed E-state index contributed by atoms with van der Waals surface area (Å²) in [7, 11) is 0.